The van der Waals surface area contributed by atoms with E-state index in [-0.39, 0.29) is 17.8 Å². The van der Waals surface area contributed by atoms with Gasteiger partial charge < -0.3 is 20.7 Å². The van der Waals surface area contributed by atoms with Crippen molar-refractivity contribution >= 4 is 29.2 Å². The van der Waals surface area contributed by atoms with E-state index < -0.39 is 0 Å². The summed E-state index contributed by atoms with van der Waals surface area (Å²) in [7, 11) is 3.88. The minimum absolute atomic E-state index is 0.0241. The largest absolute Gasteiger partial charge is 0.492 e. The predicted octanol–water partition coefficient (Wildman–Crippen LogP) is 2.83. The molecule has 0 radical (unpaired) electrons. The van der Waals surface area contributed by atoms with Gasteiger partial charge in [0.05, 0.1) is 0 Å². The highest BCUT2D eigenvalue weighted by molar-refractivity contribution is 5.97. The maximum atomic E-state index is 12.8. The zero-order chi connectivity index (χ0) is 22.5. The van der Waals surface area contributed by atoms with Crippen LogP contribution in [0.5, 0.6) is 5.75 Å². The van der Waals surface area contributed by atoms with Crippen molar-refractivity contribution in [2.75, 3.05) is 56.3 Å². The summed E-state index contributed by atoms with van der Waals surface area (Å²) in [6.07, 6.45) is 2.56. The standard InChI is InChI=1S/C23H29N7O2/c1-28(2)19-9-5-17(6-10-19)21(31)30-22(24)26-23(27-30)25-18-7-11-20(12-8-18)32-16-15-29-13-3-4-14-29/h5-12H,3-4,13-16H2,1-2H3,(H3,24,25,26,27). The van der Waals surface area contributed by atoms with Gasteiger partial charge in [-0.15, -0.1) is 5.10 Å². The molecule has 1 saturated heterocycles. The number of anilines is 4. The molecule has 1 fully saturated rings. The molecule has 9 nitrogen and oxygen atoms in total. The third-order valence-corrected chi connectivity index (χ3v) is 5.44. The summed E-state index contributed by atoms with van der Waals surface area (Å²) in [5, 5.41) is 7.31. The van der Waals surface area contributed by atoms with Crippen LogP contribution < -0.4 is 20.7 Å². The van der Waals surface area contributed by atoms with Crippen LogP contribution in [-0.4, -0.2) is 65.9 Å². The number of nitrogens with two attached hydrogens (primary N) is 1. The van der Waals surface area contributed by atoms with Gasteiger partial charge in [0.2, 0.25) is 11.9 Å². The van der Waals surface area contributed by atoms with E-state index in [0.29, 0.717) is 12.2 Å². The van der Waals surface area contributed by atoms with Crippen LogP contribution in [0.15, 0.2) is 48.5 Å². The lowest BCUT2D eigenvalue weighted by Gasteiger charge is -2.15. The van der Waals surface area contributed by atoms with Crippen LogP contribution in [0.1, 0.15) is 23.2 Å². The average molecular weight is 436 g/mol. The number of carbonyl (C=O) groups is 1. The Labute approximate surface area is 187 Å². The van der Waals surface area contributed by atoms with Crippen LogP contribution in [0.3, 0.4) is 0 Å². The van der Waals surface area contributed by atoms with E-state index in [2.05, 4.69) is 20.3 Å². The van der Waals surface area contributed by atoms with Crippen molar-refractivity contribution < 1.29 is 9.53 Å². The number of nitrogen functional groups attached to an aromatic ring is 1. The van der Waals surface area contributed by atoms with E-state index >= 15 is 0 Å². The summed E-state index contributed by atoms with van der Waals surface area (Å²) in [6.45, 7) is 3.96. The Morgan fingerprint density at radius 3 is 2.44 bits per heavy atom. The van der Waals surface area contributed by atoms with Gasteiger partial charge in [0, 0.05) is 37.6 Å². The molecule has 9 heteroatoms. The minimum Gasteiger partial charge on any atom is -0.492 e. The molecular formula is C23H29N7O2. The van der Waals surface area contributed by atoms with Crippen molar-refractivity contribution in [3.05, 3.63) is 54.1 Å². The number of likely N-dealkylation sites (tertiary alicyclic amines) is 1. The Morgan fingerprint density at radius 1 is 1.09 bits per heavy atom. The fourth-order valence-corrected chi connectivity index (χ4v) is 3.61. The van der Waals surface area contributed by atoms with Gasteiger partial charge in [-0.25, -0.2) is 0 Å². The quantitative estimate of drug-likeness (QED) is 0.557. The van der Waals surface area contributed by atoms with Gasteiger partial charge in [-0.1, -0.05) is 0 Å². The summed E-state index contributed by atoms with van der Waals surface area (Å²) in [5.41, 5.74) is 8.19. The zero-order valence-electron chi connectivity index (χ0n) is 18.5. The van der Waals surface area contributed by atoms with Gasteiger partial charge >= 0.3 is 0 Å². The predicted molar refractivity (Wildman–Crippen MR) is 126 cm³/mol. The van der Waals surface area contributed by atoms with E-state index in [1.54, 1.807) is 12.1 Å². The third-order valence-electron chi connectivity index (χ3n) is 5.44. The van der Waals surface area contributed by atoms with Crippen LogP contribution >= 0.6 is 0 Å². The van der Waals surface area contributed by atoms with Crippen molar-refractivity contribution in [3.8, 4) is 5.75 Å². The number of carbonyl (C=O) groups excluding carboxylic acids is 1. The lowest BCUT2D eigenvalue weighted by atomic mass is 10.2. The number of benzene rings is 2. The van der Waals surface area contributed by atoms with Crippen molar-refractivity contribution in [1.82, 2.24) is 19.7 Å². The number of ether oxygens (including phenoxy) is 1. The molecule has 3 N–H and O–H groups in total. The molecule has 4 rings (SSSR count). The maximum Gasteiger partial charge on any atom is 0.281 e. The summed E-state index contributed by atoms with van der Waals surface area (Å²) < 4.78 is 6.93. The molecule has 0 bridgehead atoms. The molecule has 0 spiro atoms. The van der Waals surface area contributed by atoms with Crippen LogP contribution in [0, 0.1) is 0 Å². The Hall–Kier alpha value is -3.59. The van der Waals surface area contributed by atoms with Crippen LogP contribution in [0.2, 0.25) is 0 Å². The fourth-order valence-electron chi connectivity index (χ4n) is 3.61. The van der Waals surface area contributed by atoms with E-state index in [0.717, 1.165) is 28.4 Å². The molecule has 0 saturated carbocycles. The molecule has 2 aromatic carbocycles. The normalized spacial score (nSPS) is 13.8. The number of nitrogens with zero attached hydrogens (tertiary/aromatic N) is 5. The van der Waals surface area contributed by atoms with Gasteiger partial charge in [-0.3, -0.25) is 9.69 Å². The van der Waals surface area contributed by atoms with E-state index in [1.165, 1.54) is 25.9 Å². The molecule has 1 aromatic heterocycles. The first-order valence-corrected chi connectivity index (χ1v) is 10.8. The highest BCUT2D eigenvalue weighted by Gasteiger charge is 2.16. The number of nitrogens with one attached hydrogen (secondary N) is 1. The molecule has 3 aromatic rings. The van der Waals surface area contributed by atoms with Crippen LogP contribution in [-0.2, 0) is 0 Å². The first-order chi connectivity index (χ1) is 15.5. The van der Waals surface area contributed by atoms with E-state index in [9.17, 15) is 4.79 Å². The summed E-state index contributed by atoms with van der Waals surface area (Å²) in [4.78, 5) is 21.3. The molecule has 0 aliphatic carbocycles. The van der Waals surface area contributed by atoms with Crippen molar-refractivity contribution in [2.24, 2.45) is 0 Å². The summed E-state index contributed by atoms with van der Waals surface area (Å²) in [6, 6.07) is 14.8. The highest BCUT2D eigenvalue weighted by Crippen LogP contribution is 2.20. The van der Waals surface area contributed by atoms with Crippen LogP contribution in [0.25, 0.3) is 0 Å². The number of aromatic nitrogens is 3. The Kier molecular flexibility index (Phi) is 6.55. The molecule has 32 heavy (non-hydrogen) atoms. The van der Waals surface area contributed by atoms with Gasteiger partial charge in [0.1, 0.15) is 12.4 Å². The maximum absolute atomic E-state index is 12.8. The van der Waals surface area contributed by atoms with E-state index in [4.69, 9.17) is 10.5 Å². The number of rotatable bonds is 8. The van der Waals surface area contributed by atoms with Crippen molar-refractivity contribution in [2.45, 2.75) is 12.8 Å². The monoisotopic (exact) mass is 435 g/mol. The summed E-state index contributed by atoms with van der Waals surface area (Å²) in [5.74, 6) is 0.749. The average Bonchev–Trinajstić information content (AvgIpc) is 3.44. The van der Waals surface area contributed by atoms with Crippen molar-refractivity contribution in [3.63, 3.8) is 0 Å². The molecule has 1 aliphatic heterocycles. The molecule has 0 unspecified atom stereocenters. The molecule has 0 atom stereocenters. The smallest absolute Gasteiger partial charge is 0.281 e. The van der Waals surface area contributed by atoms with Gasteiger partial charge in [0.15, 0.2) is 0 Å². The summed E-state index contributed by atoms with van der Waals surface area (Å²) >= 11 is 0. The second kappa shape index (κ2) is 9.69. The molecule has 168 valence electrons. The Morgan fingerprint density at radius 2 is 1.78 bits per heavy atom. The molecular weight excluding hydrogens is 406 g/mol. The zero-order valence-corrected chi connectivity index (χ0v) is 18.5. The topological polar surface area (TPSA) is 102 Å². The van der Waals surface area contributed by atoms with Crippen LogP contribution in [0.4, 0.5) is 23.3 Å². The van der Waals surface area contributed by atoms with Gasteiger partial charge in [0.25, 0.3) is 5.91 Å². The minimum atomic E-state index is -0.338. The third kappa shape index (κ3) is 5.17. The Balaban J connectivity index is 1.35. The highest BCUT2D eigenvalue weighted by atomic mass is 16.5. The molecule has 1 aliphatic rings. The second-order valence-corrected chi connectivity index (χ2v) is 8.00. The number of hydrogen-bond donors (Lipinski definition) is 2. The van der Waals surface area contributed by atoms with Gasteiger partial charge in [-0.05, 0) is 74.5 Å². The SMILES string of the molecule is CN(C)c1ccc(C(=O)n2nc(Nc3ccc(OCCN4CCCC4)cc3)nc2N)cc1. The van der Waals surface area contributed by atoms with Crippen molar-refractivity contribution in [1.29, 1.82) is 0 Å². The van der Waals surface area contributed by atoms with Gasteiger partial charge in [-0.2, -0.15) is 9.67 Å². The lowest BCUT2D eigenvalue weighted by Crippen LogP contribution is -2.25. The number of hydrogen-bond acceptors (Lipinski definition) is 8. The molecule has 2 heterocycles. The Bertz CT molecular complexity index is 1040. The second-order valence-electron chi connectivity index (χ2n) is 8.00. The van der Waals surface area contributed by atoms with E-state index in [1.807, 2.05) is 55.4 Å². The first-order valence-electron chi connectivity index (χ1n) is 10.8. The first kappa shape index (κ1) is 21.6. The molecule has 0 amide bonds. The lowest BCUT2D eigenvalue weighted by molar-refractivity contribution is 0.0948. The fraction of sp³-hybridized carbons (Fsp3) is 0.348.